The first kappa shape index (κ1) is 10.5. The number of carbonyl (C=O) groups excluding carboxylic acids is 1. The van der Waals surface area contributed by atoms with Gasteiger partial charge in [-0.15, -0.1) is 0 Å². The summed E-state index contributed by atoms with van der Waals surface area (Å²) >= 11 is 3.51. The Bertz CT molecular complexity index is 406. The number of anilines is 1. The third kappa shape index (κ3) is 1.74. The van der Waals surface area contributed by atoms with Gasteiger partial charge < -0.3 is 9.64 Å². The summed E-state index contributed by atoms with van der Waals surface area (Å²) in [5.74, 6) is 0.896. The van der Waals surface area contributed by atoms with Crippen molar-refractivity contribution < 1.29 is 9.53 Å². The number of halogens is 1. The van der Waals surface area contributed by atoms with Crippen LogP contribution >= 0.6 is 15.9 Å². The predicted molar refractivity (Wildman–Crippen MR) is 62.7 cm³/mol. The molecule has 0 N–H and O–H groups in total. The molecule has 3 nitrogen and oxygen atoms in total. The molecule has 0 aliphatic carbocycles. The molecule has 1 unspecified atom stereocenters. The molecule has 4 heteroatoms. The van der Waals surface area contributed by atoms with Gasteiger partial charge in [-0.2, -0.15) is 0 Å². The summed E-state index contributed by atoms with van der Waals surface area (Å²) in [6.45, 7) is 0. The molecule has 0 fully saturated rings. The molecule has 1 aromatic rings. The number of amides is 1. The van der Waals surface area contributed by atoms with Crippen molar-refractivity contribution in [3.63, 3.8) is 0 Å². The third-order valence-electron chi connectivity index (χ3n) is 2.66. The van der Waals surface area contributed by atoms with Crippen LogP contribution in [0.1, 0.15) is 16.8 Å². The second-order valence-electron chi connectivity index (χ2n) is 3.55. The van der Waals surface area contributed by atoms with Crippen LogP contribution in [-0.4, -0.2) is 20.1 Å². The lowest BCUT2D eigenvalue weighted by Crippen LogP contribution is -2.31. The van der Waals surface area contributed by atoms with E-state index in [2.05, 4.69) is 15.9 Å². The summed E-state index contributed by atoms with van der Waals surface area (Å²) in [6, 6.07) is 5.80. The average molecular weight is 270 g/mol. The molecule has 0 spiro atoms. The monoisotopic (exact) mass is 269 g/mol. The molecule has 1 amide bonds. The number of nitrogens with zero attached hydrogens (tertiary/aromatic N) is 1. The van der Waals surface area contributed by atoms with Gasteiger partial charge in [0.05, 0.1) is 17.6 Å². The van der Waals surface area contributed by atoms with E-state index >= 15 is 0 Å². The lowest BCUT2D eigenvalue weighted by molar-refractivity contribution is -0.118. The van der Waals surface area contributed by atoms with Crippen molar-refractivity contribution in [3.05, 3.63) is 23.8 Å². The Balaban J connectivity index is 2.51. The quantitative estimate of drug-likeness (QED) is 0.734. The molecule has 0 aromatic heterocycles. The standard InChI is InChI=1S/C11H12BrNO2/c1-13-10-5-7(15-2)3-4-8(10)9(12)6-11(13)14/h3-5,9H,6H2,1-2H3. The van der Waals surface area contributed by atoms with Crippen LogP contribution in [0.3, 0.4) is 0 Å². The van der Waals surface area contributed by atoms with Gasteiger partial charge in [-0.05, 0) is 11.6 Å². The second kappa shape index (κ2) is 3.85. The molecule has 1 aliphatic rings. The second-order valence-corrected chi connectivity index (χ2v) is 4.65. The zero-order chi connectivity index (χ0) is 11.0. The average Bonchev–Trinajstić information content (AvgIpc) is 2.25. The first-order valence-electron chi connectivity index (χ1n) is 4.72. The van der Waals surface area contributed by atoms with E-state index in [0.29, 0.717) is 6.42 Å². The van der Waals surface area contributed by atoms with E-state index in [1.54, 1.807) is 19.1 Å². The minimum atomic E-state index is 0.113. The minimum absolute atomic E-state index is 0.113. The molecular weight excluding hydrogens is 258 g/mol. The van der Waals surface area contributed by atoms with Crippen LogP contribution in [0.4, 0.5) is 5.69 Å². The SMILES string of the molecule is COc1ccc2c(c1)N(C)C(=O)CC2Br. The smallest absolute Gasteiger partial charge is 0.228 e. The number of carbonyl (C=O) groups is 1. The summed E-state index contributed by atoms with van der Waals surface area (Å²) in [5.41, 5.74) is 2.06. The fourth-order valence-electron chi connectivity index (χ4n) is 1.74. The summed E-state index contributed by atoms with van der Waals surface area (Å²) in [5, 5.41) is 0. The van der Waals surface area contributed by atoms with Gasteiger partial charge >= 0.3 is 0 Å². The van der Waals surface area contributed by atoms with Crippen molar-refractivity contribution in [1.82, 2.24) is 0 Å². The highest BCUT2D eigenvalue weighted by Crippen LogP contribution is 2.40. The Kier molecular flexibility index (Phi) is 2.69. The maximum atomic E-state index is 11.6. The fourth-order valence-corrected chi connectivity index (χ4v) is 2.40. The molecule has 0 saturated carbocycles. The number of benzene rings is 1. The van der Waals surface area contributed by atoms with Gasteiger partial charge in [-0.25, -0.2) is 0 Å². The van der Waals surface area contributed by atoms with Crippen molar-refractivity contribution in [3.8, 4) is 5.75 Å². The molecule has 15 heavy (non-hydrogen) atoms. The van der Waals surface area contributed by atoms with Gasteiger partial charge in [0.1, 0.15) is 5.75 Å². The Morgan fingerprint density at radius 3 is 2.93 bits per heavy atom. The van der Waals surface area contributed by atoms with Crippen LogP contribution in [0.2, 0.25) is 0 Å². The molecule has 1 aliphatic heterocycles. The van der Waals surface area contributed by atoms with E-state index < -0.39 is 0 Å². The van der Waals surface area contributed by atoms with E-state index in [1.165, 1.54) is 0 Å². The lowest BCUT2D eigenvalue weighted by Gasteiger charge is -2.29. The first-order valence-corrected chi connectivity index (χ1v) is 5.63. The number of fused-ring (bicyclic) bond motifs is 1. The highest BCUT2D eigenvalue weighted by molar-refractivity contribution is 9.09. The lowest BCUT2D eigenvalue weighted by atomic mass is 10.0. The zero-order valence-electron chi connectivity index (χ0n) is 8.66. The van der Waals surface area contributed by atoms with E-state index in [4.69, 9.17) is 4.74 Å². The fraction of sp³-hybridized carbons (Fsp3) is 0.364. The molecule has 0 saturated heterocycles. The number of hydrogen-bond donors (Lipinski definition) is 0. The molecule has 1 heterocycles. The van der Waals surface area contributed by atoms with Crippen LogP contribution in [0.25, 0.3) is 0 Å². The van der Waals surface area contributed by atoms with Crippen LogP contribution in [-0.2, 0) is 4.79 Å². The minimum Gasteiger partial charge on any atom is -0.497 e. The maximum Gasteiger partial charge on any atom is 0.228 e. The number of ether oxygens (including phenoxy) is 1. The summed E-state index contributed by atoms with van der Waals surface area (Å²) in [6.07, 6.45) is 0.510. The summed E-state index contributed by atoms with van der Waals surface area (Å²) < 4.78 is 5.15. The van der Waals surface area contributed by atoms with E-state index in [0.717, 1.165) is 17.0 Å². The van der Waals surface area contributed by atoms with Gasteiger partial charge in [0, 0.05) is 19.5 Å². The first-order chi connectivity index (χ1) is 7.13. The van der Waals surface area contributed by atoms with Crippen LogP contribution in [0.5, 0.6) is 5.75 Å². The van der Waals surface area contributed by atoms with Crippen molar-refractivity contribution in [1.29, 1.82) is 0 Å². The topological polar surface area (TPSA) is 29.5 Å². The Labute approximate surface area is 97.2 Å². The molecule has 1 aromatic carbocycles. The van der Waals surface area contributed by atoms with E-state index in [1.807, 2.05) is 18.2 Å². The number of hydrogen-bond acceptors (Lipinski definition) is 2. The van der Waals surface area contributed by atoms with Crippen molar-refractivity contribution in [2.24, 2.45) is 0 Å². The summed E-state index contributed by atoms with van der Waals surface area (Å²) in [4.78, 5) is 13.4. The highest BCUT2D eigenvalue weighted by atomic mass is 79.9. The molecule has 1 atom stereocenters. The largest absolute Gasteiger partial charge is 0.497 e. The molecule has 2 rings (SSSR count). The van der Waals surface area contributed by atoms with Crippen molar-refractivity contribution in [2.75, 3.05) is 19.1 Å². The Morgan fingerprint density at radius 1 is 1.53 bits per heavy atom. The molecule has 80 valence electrons. The van der Waals surface area contributed by atoms with E-state index in [9.17, 15) is 4.79 Å². The number of methoxy groups -OCH3 is 1. The molecule has 0 bridgehead atoms. The number of alkyl halides is 1. The van der Waals surface area contributed by atoms with Crippen molar-refractivity contribution in [2.45, 2.75) is 11.2 Å². The van der Waals surface area contributed by atoms with Gasteiger partial charge in [0.2, 0.25) is 5.91 Å². The van der Waals surface area contributed by atoms with Crippen molar-refractivity contribution >= 4 is 27.5 Å². The van der Waals surface area contributed by atoms with Crippen LogP contribution in [0, 0.1) is 0 Å². The van der Waals surface area contributed by atoms with Gasteiger partial charge in [-0.3, -0.25) is 4.79 Å². The normalized spacial score (nSPS) is 20.1. The van der Waals surface area contributed by atoms with Crippen LogP contribution < -0.4 is 9.64 Å². The summed E-state index contributed by atoms with van der Waals surface area (Å²) in [7, 11) is 3.41. The molecular formula is C11H12BrNO2. The Hall–Kier alpha value is -1.03. The predicted octanol–water partition coefficient (Wildman–Crippen LogP) is 2.50. The highest BCUT2D eigenvalue weighted by Gasteiger charge is 2.27. The number of rotatable bonds is 1. The third-order valence-corrected chi connectivity index (χ3v) is 3.48. The van der Waals surface area contributed by atoms with Gasteiger partial charge in [0.15, 0.2) is 0 Å². The maximum absolute atomic E-state index is 11.6. The zero-order valence-corrected chi connectivity index (χ0v) is 10.2. The van der Waals surface area contributed by atoms with Gasteiger partial charge in [-0.1, -0.05) is 22.0 Å². The van der Waals surface area contributed by atoms with Crippen LogP contribution in [0.15, 0.2) is 18.2 Å². The van der Waals surface area contributed by atoms with E-state index in [-0.39, 0.29) is 10.7 Å². The Morgan fingerprint density at radius 2 is 2.27 bits per heavy atom. The molecule has 0 radical (unpaired) electrons. The van der Waals surface area contributed by atoms with Gasteiger partial charge in [0.25, 0.3) is 0 Å².